The summed E-state index contributed by atoms with van der Waals surface area (Å²) in [4.78, 5) is 5.98. The molecule has 0 bridgehead atoms. The van der Waals surface area contributed by atoms with Crippen LogP contribution in [-0.4, -0.2) is 28.5 Å². The van der Waals surface area contributed by atoms with Gasteiger partial charge in [0.1, 0.15) is 0 Å². The number of rotatable bonds is 3. The van der Waals surface area contributed by atoms with Crippen LogP contribution in [0, 0.1) is 6.92 Å². The van der Waals surface area contributed by atoms with E-state index in [1.807, 2.05) is 0 Å². The Morgan fingerprint density at radius 3 is 2.78 bits per heavy atom. The first-order chi connectivity index (χ1) is 8.65. The maximum Gasteiger partial charge on any atom is 0.0456 e. The van der Waals surface area contributed by atoms with E-state index in [4.69, 9.17) is 0 Å². The van der Waals surface area contributed by atoms with Crippen LogP contribution < -0.4 is 0 Å². The molecule has 0 radical (unpaired) electrons. The van der Waals surface area contributed by atoms with Gasteiger partial charge in [-0.25, -0.2) is 0 Å². The third kappa shape index (κ3) is 1.95. The monoisotopic (exact) mass is 242 g/mol. The van der Waals surface area contributed by atoms with Crippen molar-refractivity contribution in [3.05, 3.63) is 35.5 Å². The third-order valence-electron chi connectivity index (χ3n) is 4.38. The number of H-pyrrole nitrogens is 1. The predicted molar refractivity (Wildman–Crippen MR) is 77.0 cm³/mol. The van der Waals surface area contributed by atoms with Crippen molar-refractivity contribution in [3.63, 3.8) is 0 Å². The highest BCUT2D eigenvalue weighted by molar-refractivity contribution is 5.83. The standard InChI is InChI=1S/C16H22N2/c1-11-4-5-16-15(8-11)14(10-17-16)6-7-18-12(2)9-13(18)3/h4-5,8,10,12-13,17H,6-7,9H2,1-3H3. The van der Waals surface area contributed by atoms with Crippen molar-refractivity contribution in [2.75, 3.05) is 6.54 Å². The molecule has 1 saturated heterocycles. The van der Waals surface area contributed by atoms with E-state index in [-0.39, 0.29) is 0 Å². The van der Waals surface area contributed by atoms with E-state index in [2.05, 4.69) is 55.1 Å². The molecule has 3 rings (SSSR count). The third-order valence-corrected chi connectivity index (χ3v) is 4.38. The van der Waals surface area contributed by atoms with Crippen LogP contribution in [0.15, 0.2) is 24.4 Å². The number of nitrogens with zero attached hydrogens (tertiary/aromatic N) is 1. The molecule has 96 valence electrons. The van der Waals surface area contributed by atoms with E-state index in [0.29, 0.717) is 0 Å². The molecule has 0 saturated carbocycles. The van der Waals surface area contributed by atoms with Gasteiger partial charge in [0.15, 0.2) is 0 Å². The summed E-state index contributed by atoms with van der Waals surface area (Å²) < 4.78 is 0. The molecule has 0 aliphatic carbocycles. The summed E-state index contributed by atoms with van der Waals surface area (Å²) in [6, 6.07) is 8.19. The highest BCUT2D eigenvalue weighted by atomic mass is 15.2. The smallest absolute Gasteiger partial charge is 0.0456 e. The van der Waals surface area contributed by atoms with Crippen molar-refractivity contribution in [2.24, 2.45) is 0 Å². The van der Waals surface area contributed by atoms with E-state index in [1.54, 1.807) is 0 Å². The first kappa shape index (κ1) is 11.8. The summed E-state index contributed by atoms with van der Waals surface area (Å²) in [5.74, 6) is 0. The van der Waals surface area contributed by atoms with Gasteiger partial charge in [0.05, 0.1) is 0 Å². The number of aryl methyl sites for hydroxylation is 1. The molecule has 18 heavy (non-hydrogen) atoms. The van der Waals surface area contributed by atoms with Crippen molar-refractivity contribution in [1.82, 2.24) is 9.88 Å². The Hall–Kier alpha value is -1.28. The van der Waals surface area contributed by atoms with Crippen LogP contribution in [0.5, 0.6) is 0 Å². The van der Waals surface area contributed by atoms with Gasteiger partial charge in [-0.1, -0.05) is 11.6 Å². The molecule has 2 unspecified atom stereocenters. The molecule has 2 heterocycles. The van der Waals surface area contributed by atoms with Crippen molar-refractivity contribution in [2.45, 2.75) is 45.7 Å². The number of hydrogen-bond acceptors (Lipinski definition) is 1. The topological polar surface area (TPSA) is 19.0 Å². The first-order valence-corrected chi connectivity index (χ1v) is 6.97. The maximum atomic E-state index is 3.38. The fraction of sp³-hybridized carbons (Fsp3) is 0.500. The van der Waals surface area contributed by atoms with E-state index in [0.717, 1.165) is 18.5 Å². The van der Waals surface area contributed by atoms with E-state index < -0.39 is 0 Å². The number of benzene rings is 1. The van der Waals surface area contributed by atoms with Crippen LogP contribution in [0.4, 0.5) is 0 Å². The van der Waals surface area contributed by atoms with Crippen molar-refractivity contribution in [1.29, 1.82) is 0 Å². The summed E-state index contributed by atoms with van der Waals surface area (Å²) in [7, 11) is 0. The van der Waals surface area contributed by atoms with E-state index >= 15 is 0 Å². The lowest BCUT2D eigenvalue weighted by Gasteiger charge is -2.45. The minimum absolute atomic E-state index is 0.770. The van der Waals surface area contributed by atoms with Crippen LogP contribution in [0.1, 0.15) is 31.4 Å². The fourth-order valence-corrected chi connectivity index (χ4v) is 3.25. The quantitative estimate of drug-likeness (QED) is 0.872. The zero-order valence-electron chi connectivity index (χ0n) is 11.5. The number of fused-ring (bicyclic) bond motifs is 1. The molecular formula is C16H22N2. The summed E-state index contributed by atoms with van der Waals surface area (Å²) in [5, 5.41) is 1.40. The van der Waals surface area contributed by atoms with Gasteiger partial charge in [0, 0.05) is 35.7 Å². The molecule has 1 fully saturated rings. The Kier molecular flexibility index (Phi) is 2.90. The predicted octanol–water partition coefficient (Wildman–Crippen LogP) is 3.50. The average Bonchev–Trinajstić information content (AvgIpc) is 2.72. The lowest BCUT2D eigenvalue weighted by Crippen LogP contribution is -2.53. The average molecular weight is 242 g/mol. The Morgan fingerprint density at radius 2 is 2.06 bits per heavy atom. The van der Waals surface area contributed by atoms with Crippen LogP contribution in [-0.2, 0) is 6.42 Å². The highest BCUT2D eigenvalue weighted by Gasteiger charge is 2.30. The van der Waals surface area contributed by atoms with Crippen LogP contribution in [0.2, 0.25) is 0 Å². The van der Waals surface area contributed by atoms with Crippen molar-refractivity contribution < 1.29 is 0 Å². The number of aromatic nitrogens is 1. The molecule has 0 amide bonds. The molecular weight excluding hydrogens is 220 g/mol. The minimum atomic E-state index is 0.770. The Morgan fingerprint density at radius 1 is 1.28 bits per heavy atom. The lowest BCUT2D eigenvalue weighted by atomic mass is 9.95. The second kappa shape index (κ2) is 4.43. The van der Waals surface area contributed by atoms with Gasteiger partial charge in [-0.05, 0) is 51.3 Å². The largest absolute Gasteiger partial charge is 0.361 e. The molecule has 1 N–H and O–H groups in total. The SMILES string of the molecule is Cc1ccc2[nH]cc(CCN3C(C)CC3C)c2c1. The number of likely N-dealkylation sites (tertiary alicyclic amines) is 1. The Labute approximate surface area is 109 Å². The first-order valence-electron chi connectivity index (χ1n) is 6.97. The molecule has 2 nitrogen and oxygen atoms in total. The molecule has 2 atom stereocenters. The molecule has 2 heteroatoms. The lowest BCUT2D eigenvalue weighted by molar-refractivity contribution is 0.0396. The zero-order chi connectivity index (χ0) is 12.7. The van der Waals surface area contributed by atoms with Gasteiger partial charge < -0.3 is 4.98 Å². The summed E-state index contributed by atoms with van der Waals surface area (Å²) in [6.45, 7) is 8.01. The van der Waals surface area contributed by atoms with Crippen molar-refractivity contribution >= 4 is 10.9 Å². The van der Waals surface area contributed by atoms with Gasteiger partial charge in [-0.3, -0.25) is 4.90 Å². The molecule has 1 aliphatic rings. The number of nitrogens with one attached hydrogen (secondary N) is 1. The number of aromatic amines is 1. The number of hydrogen-bond donors (Lipinski definition) is 1. The zero-order valence-corrected chi connectivity index (χ0v) is 11.5. The molecule has 1 aromatic heterocycles. The molecule has 1 aromatic carbocycles. The van der Waals surface area contributed by atoms with Gasteiger partial charge >= 0.3 is 0 Å². The maximum absolute atomic E-state index is 3.38. The van der Waals surface area contributed by atoms with E-state index in [1.165, 1.54) is 35.0 Å². The van der Waals surface area contributed by atoms with Crippen LogP contribution >= 0.6 is 0 Å². The Balaban J connectivity index is 1.76. The second-order valence-electron chi connectivity index (χ2n) is 5.78. The minimum Gasteiger partial charge on any atom is -0.361 e. The van der Waals surface area contributed by atoms with Gasteiger partial charge in [-0.15, -0.1) is 0 Å². The summed E-state index contributed by atoms with van der Waals surface area (Å²) in [5.41, 5.74) is 4.06. The van der Waals surface area contributed by atoms with E-state index in [9.17, 15) is 0 Å². The van der Waals surface area contributed by atoms with Gasteiger partial charge in [0.2, 0.25) is 0 Å². The molecule has 2 aromatic rings. The molecule has 0 spiro atoms. The van der Waals surface area contributed by atoms with Crippen molar-refractivity contribution in [3.8, 4) is 0 Å². The normalized spacial score (nSPS) is 24.4. The second-order valence-corrected chi connectivity index (χ2v) is 5.78. The van der Waals surface area contributed by atoms with Gasteiger partial charge in [-0.2, -0.15) is 0 Å². The molecule has 1 aliphatic heterocycles. The van der Waals surface area contributed by atoms with Crippen LogP contribution in [0.25, 0.3) is 10.9 Å². The summed E-state index contributed by atoms with van der Waals surface area (Å²) >= 11 is 0. The highest BCUT2D eigenvalue weighted by Crippen LogP contribution is 2.26. The van der Waals surface area contributed by atoms with Gasteiger partial charge in [0.25, 0.3) is 0 Å². The fourth-order valence-electron chi connectivity index (χ4n) is 3.25. The summed E-state index contributed by atoms with van der Waals surface area (Å²) in [6.07, 6.45) is 4.68. The Bertz CT molecular complexity index is 547. The van der Waals surface area contributed by atoms with Crippen LogP contribution in [0.3, 0.4) is 0 Å².